The topological polar surface area (TPSA) is 151 Å². The number of hydrogen-bond acceptors (Lipinski definition) is 7. The van der Waals surface area contributed by atoms with E-state index in [1.807, 2.05) is 0 Å². The van der Waals surface area contributed by atoms with Gasteiger partial charge in [-0.1, -0.05) is 12.1 Å². The third kappa shape index (κ3) is 5.16. The van der Waals surface area contributed by atoms with Gasteiger partial charge in [0.1, 0.15) is 11.6 Å². The Balaban J connectivity index is 2.16. The Morgan fingerprint density at radius 1 is 1.14 bits per heavy atom. The molecule has 2 aromatic rings. The zero-order valence-electron chi connectivity index (χ0n) is 14.7. The van der Waals surface area contributed by atoms with Crippen LogP contribution in [0, 0.1) is 11.3 Å². The van der Waals surface area contributed by atoms with E-state index in [0.717, 1.165) is 6.20 Å². The van der Waals surface area contributed by atoms with E-state index < -0.39 is 21.9 Å². The number of benzene rings is 2. The van der Waals surface area contributed by atoms with Crippen LogP contribution in [-0.2, 0) is 19.6 Å². The number of nitrogens with one attached hydrogen (secondary N) is 2. The third-order valence-electron chi connectivity index (χ3n) is 3.51. The van der Waals surface area contributed by atoms with Gasteiger partial charge < -0.3 is 15.4 Å². The Bertz CT molecular complexity index is 1070. The number of nitrogens with zero attached hydrogens (tertiary/aromatic N) is 1. The average Bonchev–Trinajstić information content (AvgIpc) is 2.68. The quantitative estimate of drug-likeness (QED) is 0.378. The molecule has 1 amide bonds. The summed E-state index contributed by atoms with van der Waals surface area (Å²) in [6.07, 6.45) is 1.15. The molecule has 0 aliphatic heterocycles. The maximum absolute atomic E-state index is 12.2. The predicted octanol–water partition coefficient (Wildman–Crippen LogP) is 1.58. The molecule has 0 saturated heterocycles. The molecule has 0 fully saturated rings. The summed E-state index contributed by atoms with van der Waals surface area (Å²) in [5.41, 5.74) is 0.591. The molecule has 10 heteroatoms. The van der Waals surface area contributed by atoms with E-state index in [2.05, 4.69) is 15.4 Å². The molecular weight excluding hydrogens is 384 g/mol. The maximum Gasteiger partial charge on any atom is 0.339 e. The second-order valence-electron chi connectivity index (χ2n) is 5.37. The molecule has 0 saturated carbocycles. The van der Waals surface area contributed by atoms with E-state index >= 15 is 0 Å². The van der Waals surface area contributed by atoms with Crippen molar-refractivity contribution in [1.29, 1.82) is 5.26 Å². The smallest absolute Gasteiger partial charge is 0.339 e. The average molecular weight is 400 g/mol. The summed E-state index contributed by atoms with van der Waals surface area (Å²) in [5, 5.41) is 19.4. The summed E-state index contributed by atoms with van der Waals surface area (Å²) in [6.45, 7) is 0. The first kappa shape index (κ1) is 20.6. The predicted molar refractivity (Wildman–Crippen MR) is 102 cm³/mol. The number of anilines is 2. The fourth-order valence-corrected chi connectivity index (χ4v) is 2.64. The van der Waals surface area contributed by atoms with Gasteiger partial charge in [-0.05, 0) is 36.4 Å². The highest BCUT2D eigenvalue weighted by atomic mass is 32.2. The molecule has 0 bridgehead atoms. The van der Waals surface area contributed by atoms with Crippen molar-refractivity contribution >= 4 is 33.3 Å². The lowest BCUT2D eigenvalue weighted by Gasteiger charge is -2.08. The molecular formula is C18H16N4O5S. The van der Waals surface area contributed by atoms with Crippen LogP contribution in [0.25, 0.3) is 0 Å². The number of ether oxygens (including phenoxy) is 1. The fraction of sp³-hybridized carbons (Fsp3) is 0.0556. The van der Waals surface area contributed by atoms with Crippen LogP contribution in [0.1, 0.15) is 10.4 Å². The standard InChI is InChI=1S/C18H16N4O5S/c1-27-18(24)15-4-2-3-5-16(15)21-11-12(10-19)17(23)22-13-6-8-14(9-7-13)28(20,25)26/h2-9,11,21H,1H3,(H,22,23)(H2,20,25,26)/b12-11-. The highest BCUT2D eigenvalue weighted by molar-refractivity contribution is 7.89. The number of primary sulfonamides is 1. The number of sulfonamides is 1. The summed E-state index contributed by atoms with van der Waals surface area (Å²) >= 11 is 0. The Morgan fingerprint density at radius 2 is 1.79 bits per heavy atom. The normalized spacial score (nSPS) is 11.2. The highest BCUT2D eigenvalue weighted by Gasteiger charge is 2.13. The fourth-order valence-electron chi connectivity index (χ4n) is 2.12. The van der Waals surface area contributed by atoms with Gasteiger partial charge in [-0.15, -0.1) is 0 Å². The van der Waals surface area contributed by atoms with E-state index in [9.17, 15) is 23.3 Å². The molecule has 0 aromatic heterocycles. The molecule has 0 aliphatic carbocycles. The van der Waals surface area contributed by atoms with Crippen LogP contribution in [0.15, 0.2) is 65.2 Å². The first-order chi connectivity index (χ1) is 13.3. The second-order valence-corrected chi connectivity index (χ2v) is 6.94. The van der Waals surface area contributed by atoms with Gasteiger partial charge in [0.25, 0.3) is 5.91 Å². The minimum atomic E-state index is -3.85. The van der Waals surface area contributed by atoms with Crippen LogP contribution in [0.3, 0.4) is 0 Å². The van der Waals surface area contributed by atoms with Gasteiger partial charge in [0.2, 0.25) is 10.0 Å². The minimum absolute atomic E-state index is 0.109. The molecule has 0 heterocycles. The van der Waals surface area contributed by atoms with Crippen molar-refractivity contribution in [1.82, 2.24) is 0 Å². The lowest BCUT2D eigenvalue weighted by atomic mass is 10.2. The number of rotatable bonds is 6. The SMILES string of the molecule is COC(=O)c1ccccc1N/C=C(/C#N)C(=O)Nc1ccc(S(N)(=O)=O)cc1. The Labute approximate surface area is 161 Å². The molecule has 0 unspecified atom stereocenters. The third-order valence-corrected chi connectivity index (χ3v) is 4.44. The molecule has 4 N–H and O–H groups in total. The summed E-state index contributed by atoms with van der Waals surface area (Å²) in [5.74, 6) is -1.30. The lowest BCUT2D eigenvalue weighted by Crippen LogP contribution is -2.15. The highest BCUT2D eigenvalue weighted by Crippen LogP contribution is 2.17. The molecule has 28 heavy (non-hydrogen) atoms. The first-order valence-electron chi connectivity index (χ1n) is 7.74. The van der Waals surface area contributed by atoms with Gasteiger partial charge in [-0.2, -0.15) is 5.26 Å². The number of nitrogens with two attached hydrogens (primary N) is 1. The van der Waals surface area contributed by atoms with Gasteiger partial charge in [0.05, 0.1) is 23.3 Å². The van der Waals surface area contributed by atoms with Crippen LogP contribution < -0.4 is 15.8 Å². The molecule has 0 atom stereocenters. The van der Waals surface area contributed by atoms with E-state index in [0.29, 0.717) is 5.69 Å². The van der Waals surface area contributed by atoms with Crippen molar-refractivity contribution in [3.63, 3.8) is 0 Å². The molecule has 2 rings (SSSR count). The molecule has 144 valence electrons. The van der Waals surface area contributed by atoms with E-state index in [4.69, 9.17) is 5.14 Å². The van der Waals surface area contributed by atoms with Gasteiger partial charge >= 0.3 is 5.97 Å². The molecule has 9 nitrogen and oxygen atoms in total. The van der Waals surface area contributed by atoms with E-state index in [1.54, 1.807) is 24.3 Å². The summed E-state index contributed by atoms with van der Waals surface area (Å²) in [7, 11) is -2.61. The molecule has 0 radical (unpaired) electrons. The zero-order valence-corrected chi connectivity index (χ0v) is 15.5. The van der Waals surface area contributed by atoms with Crippen LogP contribution >= 0.6 is 0 Å². The van der Waals surface area contributed by atoms with E-state index in [1.165, 1.54) is 37.4 Å². The monoisotopic (exact) mass is 400 g/mol. The molecule has 0 aliphatic rings. The van der Waals surface area contributed by atoms with Crippen LogP contribution in [-0.4, -0.2) is 27.4 Å². The van der Waals surface area contributed by atoms with Gasteiger partial charge in [-0.3, -0.25) is 4.79 Å². The van der Waals surface area contributed by atoms with Crippen molar-refractivity contribution in [3.8, 4) is 6.07 Å². The van der Waals surface area contributed by atoms with Crippen molar-refractivity contribution in [2.24, 2.45) is 5.14 Å². The minimum Gasteiger partial charge on any atom is -0.465 e. The number of amides is 1. The zero-order chi connectivity index (χ0) is 20.7. The molecule has 2 aromatic carbocycles. The number of carbonyl (C=O) groups is 2. The number of esters is 1. The van der Waals surface area contributed by atoms with Crippen molar-refractivity contribution in [3.05, 3.63) is 65.9 Å². The van der Waals surface area contributed by atoms with Crippen molar-refractivity contribution < 1.29 is 22.7 Å². The largest absolute Gasteiger partial charge is 0.465 e. The summed E-state index contributed by atoms with van der Waals surface area (Å²) < 4.78 is 27.1. The van der Waals surface area contributed by atoms with Gasteiger partial charge in [0, 0.05) is 11.9 Å². The van der Waals surface area contributed by atoms with Crippen LogP contribution in [0.2, 0.25) is 0 Å². The Morgan fingerprint density at radius 3 is 2.36 bits per heavy atom. The lowest BCUT2D eigenvalue weighted by molar-refractivity contribution is -0.112. The molecule has 0 spiro atoms. The number of hydrogen-bond donors (Lipinski definition) is 3. The van der Waals surface area contributed by atoms with Gasteiger partial charge in [-0.25, -0.2) is 18.4 Å². The van der Waals surface area contributed by atoms with Crippen molar-refractivity contribution in [2.75, 3.05) is 17.7 Å². The number of nitriles is 1. The number of carbonyl (C=O) groups excluding carboxylic acids is 2. The van der Waals surface area contributed by atoms with Crippen LogP contribution in [0.5, 0.6) is 0 Å². The van der Waals surface area contributed by atoms with E-state index in [-0.39, 0.29) is 21.7 Å². The van der Waals surface area contributed by atoms with Crippen molar-refractivity contribution in [2.45, 2.75) is 4.90 Å². The van der Waals surface area contributed by atoms with Gasteiger partial charge in [0.15, 0.2) is 0 Å². The number of para-hydroxylation sites is 1. The van der Waals surface area contributed by atoms with Crippen LogP contribution in [0.4, 0.5) is 11.4 Å². The summed E-state index contributed by atoms with van der Waals surface area (Å²) in [4.78, 5) is 23.9. The Hall–Kier alpha value is -3.68. The second kappa shape index (κ2) is 8.81. The first-order valence-corrected chi connectivity index (χ1v) is 9.29. The number of methoxy groups -OCH3 is 1. The maximum atomic E-state index is 12.2. The Kier molecular flexibility index (Phi) is 6.49. The summed E-state index contributed by atoms with van der Waals surface area (Å²) in [6, 6.07) is 13.3.